The van der Waals surface area contributed by atoms with Gasteiger partial charge in [-0.2, -0.15) is 0 Å². The van der Waals surface area contributed by atoms with E-state index >= 15 is 0 Å². The average molecular weight is 398 g/mol. The minimum absolute atomic E-state index is 0. The van der Waals surface area contributed by atoms with E-state index in [9.17, 15) is 0 Å². The third-order valence-corrected chi connectivity index (χ3v) is 4.85. The van der Waals surface area contributed by atoms with E-state index in [0.717, 1.165) is 22.2 Å². The third-order valence-electron chi connectivity index (χ3n) is 4.60. The smallest absolute Gasteiger partial charge is 0.196 e. The van der Waals surface area contributed by atoms with Crippen LogP contribution in [0, 0.1) is 0 Å². The molecule has 3 aromatic carbocycles. The summed E-state index contributed by atoms with van der Waals surface area (Å²) in [7, 11) is 0. The van der Waals surface area contributed by atoms with Crippen LogP contribution in [0.4, 0.5) is 5.69 Å². The molecule has 5 heteroatoms. The second-order valence-electron chi connectivity index (χ2n) is 6.34. The zero-order valence-corrected chi connectivity index (χ0v) is 16.3. The minimum Gasteiger partial charge on any atom is -0.352 e. The van der Waals surface area contributed by atoms with Crippen molar-refractivity contribution in [2.45, 2.75) is 12.5 Å². The van der Waals surface area contributed by atoms with Gasteiger partial charge in [0.2, 0.25) is 0 Å². The molecule has 3 nitrogen and oxygen atoms in total. The van der Waals surface area contributed by atoms with Gasteiger partial charge in [-0.3, -0.25) is 4.99 Å². The Kier molecular flexibility index (Phi) is 6.38. The number of halogens is 2. The quantitative estimate of drug-likeness (QED) is 0.614. The highest BCUT2D eigenvalue weighted by Crippen LogP contribution is 2.32. The van der Waals surface area contributed by atoms with Crippen molar-refractivity contribution in [2.24, 2.45) is 4.99 Å². The SMILES string of the molecule is Cl.Clc1ccc(CNC2=NCC(c3ccccc3)c3ccccc3N2)cc1. The van der Waals surface area contributed by atoms with Crippen LogP contribution >= 0.6 is 24.0 Å². The Morgan fingerprint density at radius 1 is 0.926 bits per heavy atom. The zero-order valence-electron chi connectivity index (χ0n) is 14.7. The zero-order chi connectivity index (χ0) is 17.8. The largest absolute Gasteiger partial charge is 0.352 e. The van der Waals surface area contributed by atoms with Crippen molar-refractivity contribution in [3.05, 3.63) is 101 Å². The fraction of sp³-hybridized carbons (Fsp3) is 0.136. The second-order valence-corrected chi connectivity index (χ2v) is 6.78. The topological polar surface area (TPSA) is 36.4 Å². The molecule has 2 N–H and O–H groups in total. The Morgan fingerprint density at radius 2 is 1.63 bits per heavy atom. The number of benzene rings is 3. The minimum atomic E-state index is 0. The Balaban J connectivity index is 0.00000210. The molecule has 1 atom stereocenters. The predicted octanol–water partition coefficient (Wildman–Crippen LogP) is 5.47. The Hall–Kier alpha value is -2.49. The maximum absolute atomic E-state index is 5.96. The molecular formula is C22H21Cl2N3. The standard InChI is InChI=1S/C22H20ClN3.ClH/c23-18-12-10-16(11-13-18)14-24-22-25-15-20(17-6-2-1-3-7-17)19-8-4-5-9-21(19)26-22;/h1-13,20H,14-15H2,(H2,24,25,26);1H. The number of anilines is 1. The van der Waals surface area contributed by atoms with E-state index < -0.39 is 0 Å². The van der Waals surface area contributed by atoms with Crippen LogP contribution in [0.2, 0.25) is 5.02 Å². The summed E-state index contributed by atoms with van der Waals surface area (Å²) in [5.74, 6) is 1.04. The van der Waals surface area contributed by atoms with Gasteiger partial charge in [-0.15, -0.1) is 12.4 Å². The Bertz CT molecular complexity index is 908. The first-order valence-corrected chi connectivity index (χ1v) is 9.11. The van der Waals surface area contributed by atoms with Gasteiger partial charge in [0.05, 0.1) is 6.54 Å². The molecule has 0 amide bonds. The van der Waals surface area contributed by atoms with Gasteiger partial charge in [0, 0.05) is 23.2 Å². The van der Waals surface area contributed by atoms with Crippen LogP contribution in [0.1, 0.15) is 22.6 Å². The van der Waals surface area contributed by atoms with E-state index in [1.54, 1.807) is 0 Å². The molecule has 0 radical (unpaired) electrons. The van der Waals surface area contributed by atoms with Gasteiger partial charge in [0.25, 0.3) is 0 Å². The van der Waals surface area contributed by atoms with Crippen LogP contribution < -0.4 is 10.6 Å². The average Bonchev–Trinajstić information content (AvgIpc) is 2.87. The first kappa shape index (κ1) is 19.3. The van der Waals surface area contributed by atoms with Gasteiger partial charge in [-0.05, 0) is 34.9 Å². The molecule has 1 unspecified atom stereocenters. The summed E-state index contributed by atoms with van der Waals surface area (Å²) in [5, 5.41) is 7.61. The summed E-state index contributed by atoms with van der Waals surface area (Å²) in [6, 6.07) is 26.8. The first-order chi connectivity index (χ1) is 12.8. The maximum Gasteiger partial charge on any atom is 0.196 e. The number of nitrogens with one attached hydrogen (secondary N) is 2. The molecule has 0 aromatic heterocycles. The molecule has 0 saturated heterocycles. The fourth-order valence-electron chi connectivity index (χ4n) is 3.22. The van der Waals surface area contributed by atoms with Crippen LogP contribution in [0.3, 0.4) is 0 Å². The van der Waals surface area contributed by atoms with E-state index in [2.05, 4.69) is 59.2 Å². The third kappa shape index (κ3) is 4.62. The number of hydrogen-bond acceptors (Lipinski definition) is 3. The van der Waals surface area contributed by atoms with E-state index in [1.165, 1.54) is 11.1 Å². The van der Waals surface area contributed by atoms with Crippen LogP contribution in [0.25, 0.3) is 0 Å². The Labute approximate surface area is 170 Å². The molecule has 138 valence electrons. The lowest BCUT2D eigenvalue weighted by Gasteiger charge is -2.17. The van der Waals surface area contributed by atoms with Gasteiger partial charge >= 0.3 is 0 Å². The summed E-state index contributed by atoms with van der Waals surface area (Å²) in [4.78, 5) is 4.80. The summed E-state index contributed by atoms with van der Waals surface area (Å²) < 4.78 is 0. The van der Waals surface area contributed by atoms with Crippen molar-refractivity contribution < 1.29 is 0 Å². The van der Waals surface area contributed by atoms with E-state index in [1.807, 2.05) is 30.3 Å². The van der Waals surface area contributed by atoms with Crippen molar-refractivity contribution in [2.75, 3.05) is 11.9 Å². The summed E-state index contributed by atoms with van der Waals surface area (Å²) >= 11 is 5.96. The number of hydrogen-bond donors (Lipinski definition) is 2. The van der Waals surface area contributed by atoms with Gasteiger partial charge in [-0.25, -0.2) is 0 Å². The number of nitrogens with zero attached hydrogens (tertiary/aromatic N) is 1. The molecule has 0 aliphatic carbocycles. The van der Waals surface area contributed by atoms with E-state index in [4.69, 9.17) is 16.6 Å². The molecule has 0 bridgehead atoms. The van der Waals surface area contributed by atoms with Crippen molar-refractivity contribution >= 4 is 35.7 Å². The lowest BCUT2D eigenvalue weighted by molar-refractivity contribution is 0.817. The molecule has 4 rings (SSSR count). The molecule has 0 saturated carbocycles. The molecule has 0 fully saturated rings. The summed E-state index contributed by atoms with van der Waals surface area (Å²) in [6.07, 6.45) is 0. The lowest BCUT2D eigenvalue weighted by Crippen LogP contribution is -2.30. The molecule has 1 aliphatic rings. The van der Waals surface area contributed by atoms with Gasteiger partial charge in [0.1, 0.15) is 0 Å². The number of fused-ring (bicyclic) bond motifs is 1. The molecule has 27 heavy (non-hydrogen) atoms. The molecule has 1 aliphatic heterocycles. The fourth-order valence-corrected chi connectivity index (χ4v) is 3.35. The molecule has 1 heterocycles. The van der Waals surface area contributed by atoms with Crippen LogP contribution in [-0.4, -0.2) is 12.5 Å². The highest BCUT2D eigenvalue weighted by atomic mass is 35.5. The van der Waals surface area contributed by atoms with Crippen LogP contribution in [0.15, 0.2) is 83.9 Å². The van der Waals surface area contributed by atoms with E-state index in [0.29, 0.717) is 13.1 Å². The van der Waals surface area contributed by atoms with Crippen molar-refractivity contribution in [3.8, 4) is 0 Å². The van der Waals surface area contributed by atoms with E-state index in [-0.39, 0.29) is 18.3 Å². The number of para-hydroxylation sites is 1. The lowest BCUT2D eigenvalue weighted by atomic mass is 9.90. The summed E-state index contributed by atoms with van der Waals surface area (Å²) in [6.45, 7) is 1.40. The van der Waals surface area contributed by atoms with Gasteiger partial charge in [0.15, 0.2) is 5.96 Å². The summed E-state index contributed by atoms with van der Waals surface area (Å²) in [5.41, 5.74) is 4.81. The number of guanidine groups is 1. The normalized spacial score (nSPS) is 15.4. The molecule has 3 aromatic rings. The molecular weight excluding hydrogens is 377 g/mol. The second kappa shape index (κ2) is 8.94. The van der Waals surface area contributed by atoms with Gasteiger partial charge in [-0.1, -0.05) is 72.3 Å². The van der Waals surface area contributed by atoms with Crippen molar-refractivity contribution in [1.82, 2.24) is 5.32 Å². The highest BCUT2D eigenvalue weighted by molar-refractivity contribution is 6.30. The monoisotopic (exact) mass is 397 g/mol. The van der Waals surface area contributed by atoms with Crippen LogP contribution in [0.5, 0.6) is 0 Å². The molecule has 0 spiro atoms. The van der Waals surface area contributed by atoms with Crippen molar-refractivity contribution in [3.63, 3.8) is 0 Å². The highest BCUT2D eigenvalue weighted by Gasteiger charge is 2.20. The number of aliphatic imine (C=N–C) groups is 1. The first-order valence-electron chi connectivity index (χ1n) is 8.73. The van der Waals surface area contributed by atoms with Crippen LogP contribution in [-0.2, 0) is 6.54 Å². The van der Waals surface area contributed by atoms with Crippen molar-refractivity contribution in [1.29, 1.82) is 0 Å². The van der Waals surface area contributed by atoms with Gasteiger partial charge < -0.3 is 10.6 Å². The maximum atomic E-state index is 5.96. The number of rotatable bonds is 3. The predicted molar refractivity (Wildman–Crippen MR) is 116 cm³/mol. The Morgan fingerprint density at radius 3 is 2.41 bits per heavy atom.